The van der Waals surface area contributed by atoms with Gasteiger partial charge in [0.25, 0.3) is 0 Å². The molecule has 0 atom stereocenters. The van der Waals surface area contributed by atoms with E-state index >= 15 is 0 Å². The summed E-state index contributed by atoms with van der Waals surface area (Å²) in [6.45, 7) is 1.82. The molecule has 112 valence electrons. The molecular weight excluding hydrogens is 303 g/mol. The molecule has 0 unspecified atom stereocenters. The number of aryl methyl sites for hydroxylation is 1. The SMILES string of the molecule is CNc1nc(C)c(-c2nc(Nc3ccccn3)ncc2F)s1. The van der Waals surface area contributed by atoms with Crippen LogP contribution in [0.3, 0.4) is 0 Å². The van der Waals surface area contributed by atoms with E-state index in [9.17, 15) is 4.39 Å². The maximum atomic E-state index is 14.1. The van der Waals surface area contributed by atoms with Crippen molar-refractivity contribution in [3.05, 3.63) is 42.1 Å². The third-order valence-corrected chi connectivity index (χ3v) is 4.06. The summed E-state index contributed by atoms with van der Waals surface area (Å²) >= 11 is 1.35. The summed E-state index contributed by atoms with van der Waals surface area (Å²) in [4.78, 5) is 17.3. The van der Waals surface area contributed by atoms with Gasteiger partial charge in [0.05, 0.1) is 16.8 Å². The molecule has 0 aliphatic carbocycles. The van der Waals surface area contributed by atoms with Crippen molar-refractivity contribution < 1.29 is 4.39 Å². The fraction of sp³-hybridized carbons (Fsp3) is 0.143. The molecule has 3 heterocycles. The van der Waals surface area contributed by atoms with Gasteiger partial charge in [-0.3, -0.25) is 0 Å². The van der Waals surface area contributed by atoms with Gasteiger partial charge in [-0.05, 0) is 19.1 Å². The summed E-state index contributed by atoms with van der Waals surface area (Å²) in [6, 6.07) is 5.43. The number of nitrogens with zero attached hydrogens (tertiary/aromatic N) is 4. The molecular formula is C14H13FN6S. The number of rotatable bonds is 4. The zero-order chi connectivity index (χ0) is 15.5. The second-order valence-electron chi connectivity index (χ2n) is 4.41. The molecule has 3 aromatic rings. The maximum absolute atomic E-state index is 14.1. The molecule has 22 heavy (non-hydrogen) atoms. The Morgan fingerprint density at radius 2 is 2.05 bits per heavy atom. The number of anilines is 3. The summed E-state index contributed by atoms with van der Waals surface area (Å²) in [5.41, 5.74) is 0.945. The molecule has 3 rings (SSSR count). The zero-order valence-electron chi connectivity index (χ0n) is 12.0. The van der Waals surface area contributed by atoms with Crippen LogP contribution in [0.15, 0.2) is 30.6 Å². The zero-order valence-corrected chi connectivity index (χ0v) is 12.8. The van der Waals surface area contributed by atoms with Gasteiger partial charge in [0.2, 0.25) is 5.95 Å². The number of thiazole rings is 1. The third-order valence-electron chi connectivity index (χ3n) is 2.87. The Bertz CT molecular complexity index is 789. The molecule has 0 aromatic carbocycles. The van der Waals surface area contributed by atoms with Crippen molar-refractivity contribution >= 4 is 28.2 Å². The van der Waals surface area contributed by atoms with Crippen LogP contribution in [0.4, 0.5) is 21.3 Å². The predicted octanol–water partition coefficient (Wildman–Crippen LogP) is 3.23. The van der Waals surface area contributed by atoms with Gasteiger partial charge in [-0.1, -0.05) is 17.4 Å². The second-order valence-corrected chi connectivity index (χ2v) is 5.41. The lowest BCUT2D eigenvalue weighted by Gasteiger charge is -2.06. The van der Waals surface area contributed by atoms with Crippen molar-refractivity contribution in [3.8, 4) is 10.6 Å². The average Bonchev–Trinajstić information content (AvgIpc) is 2.91. The summed E-state index contributed by atoms with van der Waals surface area (Å²) in [5.74, 6) is 0.395. The Balaban J connectivity index is 1.97. The van der Waals surface area contributed by atoms with E-state index in [0.717, 1.165) is 11.9 Å². The number of aromatic nitrogens is 4. The highest BCUT2D eigenvalue weighted by Gasteiger charge is 2.16. The van der Waals surface area contributed by atoms with E-state index in [1.165, 1.54) is 11.3 Å². The Kier molecular flexibility index (Phi) is 3.92. The third kappa shape index (κ3) is 2.86. The van der Waals surface area contributed by atoms with E-state index in [-0.39, 0.29) is 11.6 Å². The molecule has 3 aromatic heterocycles. The normalized spacial score (nSPS) is 10.5. The van der Waals surface area contributed by atoms with Gasteiger partial charge < -0.3 is 10.6 Å². The standard InChI is InChI=1S/C14H13FN6S/c1-8-12(22-14(16-2)19-8)11-9(15)7-18-13(21-11)20-10-5-3-4-6-17-10/h3-7H,1-2H3,(H,16,19)(H,17,18,20,21). The quantitative estimate of drug-likeness (QED) is 0.769. The Morgan fingerprint density at radius 1 is 1.18 bits per heavy atom. The number of pyridine rings is 1. The summed E-state index contributed by atoms with van der Waals surface area (Å²) in [7, 11) is 1.77. The Labute approximate surface area is 130 Å². The van der Waals surface area contributed by atoms with E-state index in [2.05, 4.69) is 30.6 Å². The van der Waals surface area contributed by atoms with E-state index < -0.39 is 5.82 Å². The van der Waals surface area contributed by atoms with Gasteiger partial charge in [-0.2, -0.15) is 0 Å². The average molecular weight is 316 g/mol. The molecule has 0 aliphatic heterocycles. The minimum atomic E-state index is -0.485. The van der Waals surface area contributed by atoms with Crippen molar-refractivity contribution in [1.29, 1.82) is 0 Å². The highest BCUT2D eigenvalue weighted by Crippen LogP contribution is 2.33. The monoisotopic (exact) mass is 316 g/mol. The molecule has 6 nitrogen and oxygen atoms in total. The van der Waals surface area contributed by atoms with Crippen LogP contribution in [0.5, 0.6) is 0 Å². The van der Waals surface area contributed by atoms with Gasteiger partial charge in [0.1, 0.15) is 11.5 Å². The van der Waals surface area contributed by atoms with Crippen molar-refractivity contribution in [3.63, 3.8) is 0 Å². The molecule has 0 fully saturated rings. The number of hydrogen-bond donors (Lipinski definition) is 2. The first-order valence-corrected chi connectivity index (χ1v) is 7.35. The fourth-order valence-corrected chi connectivity index (χ4v) is 2.77. The van der Waals surface area contributed by atoms with Gasteiger partial charge in [-0.15, -0.1) is 0 Å². The Morgan fingerprint density at radius 3 is 2.73 bits per heavy atom. The fourth-order valence-electron chi connectivity index (χ4n) is 1.86. The molecule has 2 N–H and O–H groups in total. The van der Waals surface area contributed by atoms with Crippen LogP contribution in [0.25, 0.3) is 10.6 Å². The minimum Gasteiger partial charge on any atom is -0.365 e. The van der Waals surface area contributed by atoms with Crippen LogP contribution in [0.1, 0.15) is 5.69 Å². The van der Waals surface area contributed by atoms with Crippen LogP contribution in [-0.2, 0) is 0 Å². The van der Waals surface area contributed by atoms with Crippen LogP contribution < -0.4 is 10.6 Å². The smallest absolute Gasteiger partial charge is 0.229 e. The largest absolute Gasteiger partial charge is 0.365 e. The highest BCUT2D eigenvalue weighted by atomic mass is 32.1. The van der Waals surface area contributed by atoms with Gasteiger partial charge in [0.15, 0.2) is 10.9 Å². The molecule has 0 aliphatic rings. The molecule has 0 spiro atoms. The van der Waals surface area contributed by atoms with Crippen molar-refractivity contribution in [1.82, 2.24) is 19.9 Å². The van der Waals surface area contributed by atoms with E-state index in [1.54, 1.807) is 19.3 Å². The molecule has 0 amide bonds. The lowest BCUT2D eigenvalue weighted by molar-refractivity contribution is 0.619. The van der Waals surface area contributed by atoms with Gasteiger partial charge >= 0.3 is 0 Å². The van der Waals surface area contributed by atoms with E-state index in [0.29, 0.717) is 15.8 Å². The number of halogens is 1. The van der Waals surface area contributed by atoms with Crippen molar-refractivity contribution in [2.45, 2.75) is 6.92 Å². The summed E-state index contributed by atoms with van der Waals surface area (Å²) in [6.07, 6.45) is 2.80. The van der Waals surface area contributed by atoms with Crippen LogP contribution in [0.2, 0.25) is 0 Å². The first-order chi connectivity index (χ1) is 10.7. The molecule has 0 saturated heterocycles. The maximum Gasteiger partial charge on any atom is 0.229 e. The predicted molar refractivity (Wildman–Crippen MR) is 84.9 cm³/mol. The lowest BCUT2D eigenvalue weighted by Crippen LogP contribution is -2.01. The van der Waals surface area contributed by atoms with Gasteiger partial charge in [-0.25, -0.2) is 24.3 Å². The topological polar surface area (TPSA) is 75.6 Å². The molecule has 0 saturated carbocycles. The number of hydrogen-bond acceptors (Lipinski definition) is 7. The van der Waals surface area contributed by atoms with Crippen LogP contribution >= 0.6 is 11.3 Å². The minimum absolute atomic E-state index is 0.227. The Hall–Kier alpha value is -2.61. The highest BCUT2D eigenvalue weighted by molar-refractivity contribution is 7.19. The summed E-state index contributed by atoms with van der Waals surface area (Å²) < 4.78 is 14.1. The first kappa shape index (κ1) is 14.3. The van der Waals surface area contributed by atoms with Gasteiger partial charge in [0, 0.05) is 13.2 Å². The molecule has 0 bridgehead atoms. The van der Waals surface area contributed by atoms with E-state index in [4.69, 9.17) is 0 Å². The van der Waals surface area contributed by atoms with Crippen molar-refractivity contribution in [2.24, 2.45) is 0 Å². The number of nitrogens with one attached hydrogen (secondary N) is 2. The van der Waals surface area contributed by atoms with Crippen LogP contribution in [-0.4, -0.2) is 27.0 Å². The van der Waals surface area contributed by atoms with E-state index in [1.807, 2.05) is 19.1 Å². The first-order valence-electron chi connectivity index (χ1n) is 6.53. The summed E-state index contributed by atoms with van der Waals surface area (Å²) in [5, 5.41) is 6.61. The lowest BCUT2D eigenvalue weighted by atomic mass is 10.3. The second kappa shape index (κ2) is 6.02. The molecule has 0 radical (unpaired) electrons. The molecule has 8 heteroatoms. The van der Waals surface area contributed by atoms with Crippen molar-refractivity contribution in [2.75, 3.05) is 17.7 Å². The van der Waals surface area contributed by atoms with Crippen LogP contribution in [0, 0.1) is 12.7 Å².